The summed E-state index contributed by atoms with van der Waals surface area (Å²) in [4.78, 5) is 22.9. The molecule has 4 heteroatoms. The van der Waals surface area contributed by atoms with Gasteiger partial charge in [0.05, 0.1) is 5.92 Å². The van der Waals surface area contributed by atoms with E-state index < -0.39 is 12.0 Å². The molecule has 1 unspecified atom stereocenters. The van der Waals surface area contributed by atoms with Crippen molar-refractivity contribution in [3.05, 3.63) is 81.9 Å². The average Bonchev–Trinajstić information content (AvgIpc) is 2.48. The van der Waals surface area contributed by atoms with Gasteiger partial charge in [-0.25, -0.2) is 0 Å². The van der Waals surface area contributed by atoms with E-state index in [-0.39, 0.29) is 17.1 Å². The molecule has 0 fully saturated rings. The van der Waals surface area contributed by atoms with Crippen LogP contribution in [0.5, 0.6) is 0 Å². The van der Waals surface area contributed by atoms with Gasteiger partial charge < -0.3 is 4.79 Å². The van der Waals surface area contributed by atoms with Crippen LogP contribution in [0, 0.1) is 10.1 Å². The zero-order valence-electron chi connectivity index (χ0n) is 11.8. The number of nitro groups is 1. The monoisotopic (exact) mass is 283 g/mol. The van der Waals surface area contributed by atoms with E-state index in [1.165, 1.54) is 6.92 Å². The first-order chi connectivity index (χ1) is 10.1. The summed E-state index contributed by atoms with van der Waals surface area (Å²) in [6, 6.07) is 17.2. The van der Waals surface area contributed by atoms with Crippen molar-refractivity contribution < 1.29 is 9.72 Å². The Labute approximate surface area is 123 Å². The minimum absolute atomic E-state index is 0.0494. The van der Waals surface area contributed by atoms with Crippen LogP contribution in [0.25, 0.3) is 0 Å². The summed E-state index contributed by atoms with van der Waals surface area (Å²) >= 11 is 0. The van der Waals surface area contributed by atoms with Crippen molar-refractivity contribution in [2.75, 3.05) is 0 Å². The molecule has 2 aromatic rings. The first kappa shape index (κ1) is 14.9. The normalized spacial score (nSPS) is 13.4. The predicted octanol–water partition coefficient (Wildman–Crippen LogP) is 3.77. The molecular weight excluding hydrogens is 266 g/mol. The van der Waals surface area contributed by atoms with Crippen LogP contribution in [-0.2, 0) is 4.79 Å². The lowest BCUT2D eigenvalue weighted by molar-refractivity contribution is -0.533. The minimum Gasteiger partial charge on any atom is -0.300 e. The molecule has 0 saturated carbocycles. The fourth-order valence-electron chi connectivity index (χ4n) is 2.57. The van der Waals surface area contributed by atoms with Crippen molar-refractivity contribution in [1.82, 2.24) is 0 Å². The van der Waals surface area contributed by atoms with Crippen molar-refractivity contribution in [2.24, 2.45) is 0 Å². The summed E-state index contributed by atoms with van der Waals surface area (Å²) in [5.41, 5.74) is 1.44. The molecule has 0 saturated heterocycles. The molecule has 2 aromatic carbocycles. The average molecular weight is 283 g/mol. The topological polar surface area (TPSA) is 60.2 Å². The van der Waals surface area contributed by atoms with Gasteiger partial charge in [0, 0.05) is 16.9 Å². The lowest BCUT2D eigenvalue weighted by Crippen LogP contribution is -2.21. The first-order valence-electron chi connectivity index (χ1n) is 6.82. The molecule has 0 aliphatic heterocycles. The molecule has 2 rings (SSSR count). The van der Waals surface area contributed by atoms with Gasteiger partial charge in [-0.1, -0.05) is 60.7 Å². The van der Waals surface area contributed by atoms with E-state index in [1.54, 1.807) is 24.3 Å². The Bertz CT molecular complexity index is 610. The molecule has 0 spiro atoms. The molecule has 0 radical (unpaired) electrons. The second kappa shape index (κ2) is 6.79. The highest BCUT2D eigenvalue weighted by Crippen LogP contribution is 2.36. The Hall–Kier alpha value is -2.49. The minimum atomic E-state index is -0.919. The van der Waals surface area contributed by atoms with E-state index in [9.17, 15) is 14.9 Å². The molecule has 21 heavy (non-hydrogen) atoms. The van der Waals surface area contributed by atoms with Gasteiger partial charge in [-0.2, -0.15) is 0 Å². The van der Waals surface area contributed by atoms with Crippen LogP contribution in [0.1, 0.15) is 36.4 Å². The maximum atomic E-state index is 11.6. The molecule has 108 valence electrons. The van der Waals surface area contributed by atoms with E-state index >= 15 is 0 Å². The van der Waals surface area contributed by atoms with E-state index in [0.29, 0.717) is 5.56 Å². The van der Waals surface area contributed by atoms with Gasteiger partial charge >= 0.3 is 0 Å². The summed E-state index contributed by atoms with van der Waals surface area (Å²) in [6.07, 6.45) is 0.157. The highest BCUT2D eigenvalue weighted by Gasteiger charge is 2.35. The first-order valence-corrected chi connectivity index (χ1v) is 6.82. The second-order valence-electron chi connectivity index (χ2n) is 5.06. The zero-order valence-corrected chi connectivity index (χ0v) is 11.8. The third kappa shape index (κ3) is 3.75. The number of carbonyl (C=O) groups excluding carboxylic acids is 1. The molecule has 0 amide bonds. The van der Waals surface area contributed by atoms with Crippen LogP contribution >= 0.6 is 0 Å². The third-order valence-corrected chi connectivity index (χ3v) is 3.48. The molecule has 4 nitrogen and oxygen atoms in total. The SMILES string of the molecule is CC(=O)C[C@@H](c1ccccc1)C(c1ccccc1)[N+](=O)[O-]. The van der Waals surface area contributed by atoms with Gasteiger partial charge in [0.1, 0.15) is 5.78 Å². The molecule has 0 aliphatic rings. The van der Waals surface area contributed by atoms with Crippen LogP contribution in [0.15, 0.2) is 60.7 Å². The fraction of sp³-hybridized carbons (Fsp3) is 0.235. The van der Waals surface area contributed by atoms with E-state index in [0.717, 1.165) is 5.56 Å². The van der Waals surface area contributed by atoms with Crippen LogP contribution in [0.4, 0.5) is 0 Å². The van der Waals surface area contributed by atoms with Gasteiger partial charge in [-0.05, 0) is 12.5 Å². The van der Waals surface area contributed by atoms with Gasteiger partial charge in [0.15, 0.2) is 0 Å². The lowest BCUT2D eigenvalue weighted by atomic mass is 9.84. The molecule has 0 N–H and O–H groups in total. The van der Waals surface area contributed by atoms with Gasteiger partial charge in [0.25, 0.3) is 0 Å². The van der Waals surface area contributed by atoms with Crippen molar-refractivity contribution in [1.29, 1.82) is 0 Å². The number of rotatable bonds is 6. The Morgan fingerprint density at radius 3 is 1.90 bits per heavy atom. The summed E-state index contributed by atoms with van der Waals surface area (Å²) in [6.45, 7) is 1.47. The summed E-state index contributed by atoms with van der Waals surface area (Å²) in [5, 5.41) is 11.6. The van der Waals surface area contributed by atoms with Crippen molar-refractivity contribution in [3.8, 4) is 0 Å². The van der Waals surface area contributed by atoms with Crippen LogP contribution in [-0.4, -0.2) is 10.7 Å². The van der Waals surface area contributed by atoms with Gasteiger partial charge in [-0.15, -0.1) is 0 Å². The number of benzene rings is 2. The molecular formula is C17H17NO3. The highest BCUT2D eigenvalue weighted by molar-refractivity contribution is 5.76. The van der Waals surface area contributed by atoms with E-state index in [4.69, 9.17) is 0 Å². The maximum absolute atomic E-state index is 11.6. The largest absolute Gasteiger partial charge is 0.300 e. The second-order valence-corrected chi connectivity index (χ2v) is 5.06. The number of ketones is 1. The Kier molecular flexibility index (Phi) is 4.82. The lowest BCUT2D eigenvalue weighted by Gasteiger charge is -2.20. The Balaban J connectivity index is 2.46. The summed E-state index contributed by atoms with van der Waals surface area (Å²) in [5.74, 6) is -0.507. The van der Waals surface area contributed by atoms with Crippen molar-refractivity contribution in [2.45, 2.75) is 25.3 Å². The summed E-state index contributed by atoms with van der Waals surface area (Å²) in [7, 11) is 0. The highest BCUT2D eigenvalue weighted by atomic mass is 16.6. The van der Waals surface area contributed by atoms with E-state index in [2.05, 4.69) is 0 Å². The third-order valence-electron chi connectivity index (χ3n) is 3.48. The van der Waals surface area contributed by atoms with Crippen LogP contribution in [0.3, 0.4) is 0 Å². The summed E-state index contributed by atoms with van der Waals surface area (Å²) < 4.78 is 0. The number of hydrogen-bond donors (Lipinski definition) is 0. The van der Waals surface area contributed by atoms with Crippen molar-refractivity contribution in [3.63, 3.8) is 0 Å². The smallest absolute Gasteiger partial charge is 0.245 e. The van der Waals surface area contributed by atoms with Crippen LogP contribution < -0.4 is 0 Å². The van der Waals surface area contributed by atoms with Crippen molar-refractivity contribution >= 4 is 5.78 Å². The quantitative estimate of drug-likeness (QED) is 0.599. The van der Waals surface area contributed by atoms with Gasteiger partial charge in [-0.3, -0.25) is 10.1 Å². The maximum Gasteiger partial charge on any atom is 0.245 e. The number of nitrogens with zero attached hydrogens (tertiary/aromatic N) is 1. The molecule has 0 aromatic heterocycles. The zero-order chi connectivity index (χ0) is 15.2. The predicted molar refractivity (Wildman–Crippen MR) is 80.7 cm³/mol. The molecule has 0 bridgehead atoms. The number of Topliss-reactive ketones (excluding diaryl/α,β-unsaturated/α-hetero) is 1. The number of carbonyl (C=O) groups is 1. The Morgan fingerprint density at radius 2 is 1.48 bits per heavy atom. The fourth-order valence-corrected chi connectivity index (χ4v) is 2.57. The molecule has 0 heterocycles. The standard InChI is InChI=1S/C17H17NO3/c1-13(19)12-16(14-8-4-2-5-9-14)17(18(20)21)15-10-6-3-7-11-15/h2-11,16-17H,12H2,1H3/t16-,17?/m0/s1. The van der Waals surface area contributed by atoms with Gasteiger partial charge in [0.2, 0.25) is 6.04 Å². The molecule has 2 atom stereocenters. The molecule has 0 aliphatic carbocycles. The number of hydrogen-bond acceptors (Lipinski definition) is 3. The van der Waals surface area contributed by atoms with E-state index in [1.807, 2.05) is 36.4 Å². The Morgan fingerprint density at radius 1 is 1.00 bits per heavy atom. The van der Waals surface area contributed by atoms with Crippen LogP contribution in [0.2, 0.25) is 0 Å².